The Morgan fingerprint density at radius 1 is 0.900 bits per heavy atom. The van der Waals surface area contributed by atoms with E-state index in [1.165, 1.54) is 11.6 Å². The van der Waals surface area contributed by atoms with Crippen LogP contribution >= 0.6 is 0 Å². The number of hydrogen-bond donors (Lipinski definition) is 1. The molecular weight excluding hydrogens is 412 g/mol. The molecule has 0 radical (unpaired) electrons. The van der Waals surface area contributed by atoms with Gasteiger partial charge < -0.3 is 5.32 Å². The number of aryl methyl sites for hydroxylation is 1. The minimum Gasteiger partial charge on any atom is -0.322 e. The van der Waals surface area contributed by atoms with Gasteiger partial charge in [-0.15, -0.1) is 0 Å². The number of nitrogens with one attached hydrogen (secondary N) is 1. The number of aromatic nitrogens is 2. The molecule has 0 fully saturated rings. The summed E-state index contributed by atoms with van der Waals surface area (Å²) in [6.45, 7) is 3.10. The van der Waals surface area contributed by atoms with E-state index < -0.39 is 35.1 Å². The zero-order valence-corrected chi connectivity index (χ0v) is 15.7. The SMILES string of the molecule is Cc1nn(-c2ccccc2)c(C)c1C(=O)Nc1cc(C(F)(F)F)cc(C(F)(F)F)c1. The summed E-state index contributed by atoms with van der Waals surface area (Å²) >= 11 is 0. The van der Waals surface area contributed by atoms with Gasteiger partial charge in [0.2, 0.25) is 0 Å². The largest absolute Gasteiger partial charge is 0.416 e. The lowest BCUT2D eigenvalue weighted by Gasteiger charge is -2.15. The van der Waals surface area contributed by atoms with Crippen LogP contribution in [-0.4, -0.2) is 15.7 Å². The van der Waals surface area contributed by atoms with Gasteiger partial charge in [-0.1, -0.05) is 18.2 Å². The van der Waals surface area contributed by atoms with Gasteiger partial charge in [-0.2, -0.15) is 31.4 Å². The monoisotopic (exact) mass is 427 g/mol. The Kier molecular flexibility index (Phi) is 5.36. The number of para-hydroxylation sites is 1. The van der Waals surface area contributed by atoms with Crippen LogP contribution in [0.15, 0.2) is 48.5 Å². The first-order valence-electron chi connectivity index (χ1n) is 8.60. The second-order valence-corrected chi connectivity index (χ2v) is 6.54. The summed E-state index contributed by atoms with van der Waals surface area (Å²) in [5, 5.41) is 6.39. The summed E-state index contributed by atoms with van der Waals surface area (Å²) in [5.41, 5.74) is -2.27. The normalized spacial score (nSPS) is 12.1. The number of benzene rings is 2. The molecule has 0 aliphatic carbocycles. The average molecular weight is 427 g/mol. The lowest BCUT2D eigenvalue weighted by atomic mass is 10.1. The predicted molar refractivity (Wildman–Crippen MR) is 97.4 cm³/mol. The summed E-state index contributed by atoms with van der Waals surface area (Å²) in [4.78, 5) is 12.7. The van der Waals surface area contributed by atoms with E-state index in [-0.39, 0.29) is 17.3 Å². The molecule has 1 N–H and O–H groups in total. The standard InChI is InChI=1S/C20H15F6N3O/c1-11-17(12(2)29(28-11)16-6-4-3-5-7-16)18(30)27-15-9-13(19(21,22)23)8-14(10-15)20(24,25)26/h3-10H,1-2H3,(H,27,30). The van der Waals surface area contributed by atoms with Crippen LogP contribution in [0.2, 0.25) is 0 Å². The van der Waals surface area contributed by atoms with Crippen LogP contribution in [0.4, 0.5) is 32.0 Å². The Bertz CT molecular complexity index is 1050. The van der Waals surface area contributed by atoms with E-state index in [0.29, 0.717) is 23.5 Å². The van der Waals surface area contributed by atoms with E-state index >= 15 is 0 Å². The lowest BCUT2D eigenvalue weighted by molar-refractivity contribution is -0.143. The summed E-state index contributed by atoms with van der Waals surface area (Å²) in [7, 11) is 0. The van der Waals surface area contributed by atoms with Crippen LogP contribution in [0.25, 0.3) is 5.69 Å². The highest BCUT2D eigenvalue weighted by Gasteiger charge is 2.37. The van der Waals surface area contributed by atoms with E-state index in [1.807, 2.05) is 0 Å². The lowest BCUT2D eigenvalue weighted by Crippen LogP contribution is -2.17. The molecule has 3 aromatic rings. The van der Waals surface area contributed by atoms with Crippen molar-refractivity contribution in [3.8, 4) is 5.69 Å². The first-order valence-corrected chi connectivity index (χ1v) is 8.60. The molecule has 1 heterocycles. The van der Waals surface area contributed by atoms with Gasteiger partial charge >= 0.3 is 12.4 Å². The summed E-state index contributed by atoms with van der Waals surface area (Å²) < 4.78 is 79.6. The maximum absolute atomic E-state index is 13.0. The van der Waals surface area contributed by atoms with Crippen molar-refractivity contribution in [1.82, 2.24) is 9.78 Å². The number of alkyl halides is 6. The summed E-state index contributed by atoms with van der Waals surface area (Å²) in [6, 6.07) is 9.69. The number of anilines is 1. The van der Waals surface area contributed by atoms with Gasteiger partial charge in [0, 0.05) is 5.69 Å². The molecule has 1 amide bonds. The fourth-order valence-corrected chi connectivity index (χ4v) is 3.01. The quantitative estimate of drug-likeness (QED) is 0.539. The number of carbonyl (C=O) groups is 1. The second-order valence-electron chi connectivity index (χ2n) is 6.54. The highest BCUT2D eigenvalue weighted by atomic mass is 19.4. The first kappa shape index (κ1) is 21.4. The van der Waals surface area contributed by atoms with Crippen molar-refractivity contribution in [2.24, 2.45) is 0 Å². The number of rotatable bonds is 3. The maximum Gasteiger partial charge on any atom is 0.416 e. The van der Waals surface area contributed by atoms with Crippen molar-refractivity contribution in [3.63, 3.8) is 0 Å². The van der Waals surface area contributed by atoms with Crippen molar-refractivity contribution >= 4 is 11.6 Å². The minimum absolute atomic E-state index is 0.000408. The average Bonchev–Trinajstić information content (AvgIpc) is 2.95. The van der Waals surface area contributed by atoms with Gasteiger partial charge in [-0.25, -0.2) is 4.68 Å². The van der Waals surface area contributed by atoms with Crippen LogP contribution in [0.3, 0.4) is 0 Å². The van der Waals surface area contributed by atoms with Crippen LogP contribution in [0.1, 0.15) is 32.9 Å². The van der Waals surface area contributed by atoms with E-state index in [1.54, 1.807) is 37.3 Å². The number of carbonyl (C=O) groups excluding carboxylic acids is 1. The Balaban J connectivity index is 2.00. The number of hydrogen-bond acceptors (Lipinski definition) is 2. The molecule has 0 atom stereocenters. The molecule has 0 spiro atoms. The molecule has 10 heteroatoms. The highest BCUT2D eigenvalue weighted by Crippen LogP contribution is 2.37. The maximum atomic E-state index is 13.0. The predicted octanol–water partition coefficient (Wildman–Crippen LogP) is 5.78. The van der Waals surface area contributed by atoms with Gasteiger partial charge in [-0.05, 0) is 44.2 Å². The van der Waals surface area contributed by atoms with Crippen molar-refractivity contribution in [1.29, 1.82) is 0 Å². The number of halogens is 6. The molecule has 3 rings (SSSR count). The van der Waals surface area contributed by atoms with E-state index in [0.717, 1.165) is 0 Å². The van der Waals surface area contributed by atoms with E-state index in [4.69, 9.17) is 0 Å². The third-order valence-corrected chi connectivity index (χ3v) is 4.36. The topological polar surface area (TPSA) is 46.9 Å². The molecule has 158 valence electrons. The Morgan fingerprint density at radius 3 is 1.93 bits per heavy atom. The van der Waals surface area contributed by atoms with Gasteiger partial charge in [-0.3, -0.25) is 4.79 Å². The third-order valence-electron chi connectivity index (χ3n) is 4.36. The van der Waals surface area contributed by atoms with Crippen molar-refractivity contribution in [2.45, 2.75) is 26.2 Å². The van der Waals surface area contributed by atoms with Gasteiger partial charge in [0.25, 0.3) is 5.91 Å². The zero-order chi connectivity index (χ0) is 22.3. The molecule has 0 aliphatic rings. The number of amides is 1. The molecular formula is C20H15F6N3O. The molecule has 0 saturated heterocycles. The van der Waals surface area contributed by atoms with Gasteiger partial charge in [0.15, 0.2) is 0 Å². The van der Waals surface area contributed by atoms with Gasteiger partial charge in [0.05, 0.1) is 33.8 Å². The first-order chi connectivity index (χ1) is 13.9. The Hall–Kier alpha value is -3.30. The summed E-state index contributed by atoms with van der Waals surface area (Å²) in [6.07, 6.45) is -10.0. The van der Waals surface area contributed by atoms with Crippen LogP contribution in [0.5, 0.6) is 0 Å². The highest BCUT2D eigenvalue weighted by molar-refractivity contribution is 6.06. The molecule has 30 heavy (non-hydrogen) atoms. The molecule has 0 unspecified atom stereocenters. The van der Waals surface area contributed by atoms with Crippen molar-refractivity contribution in [2.75, 3.05) is 5.32 Å². The van der Waals surface area contributed by atoms with Crippen molar-refractivity contribution in [3.05, 3.63) is 76.6 Å². The molecule has 0 saturated carbocycles. The minimum atomic E-state index is -5.01. The molecule has 4 nitrogen and oxygen atoms in total. The fourth-order valence-electron chi connectivity index (χ4n) is 3.01. The summed E-state index contributed by atoms with van der Waals surface area (Å²) in [5.74, 6) is -0.861. The number of nitrogens with zero attached hydrogens (tertiary/aromatic N) is 2. The van der Waals surface area contributed by atoms with Crippen molar-refractivity contribution < 1.29 is 31.1 Å². The van der Waals surface area contributed by atoms with Crippen LogP contribution in [0, 0.1) is 13.8 Å². The molecule has 0 aliphatic heterocycles. The molecule has 1 aromatic heterocycles. The van der Waals surface area contributed by atoms with E-state index in [9.17, 15) is 31.1 Å². The second kappa shape index (κ2) is 7.51. The smallest absolute Gasteiger partial charge is 0.322 e. The van der Waals surface area contributed by atoms with Crippen LogP contribution < -0.4 is 5.32 Å². The van der Waals surface area contributed by atoms with Gasteiger partial charge in [0.1, 0.15) is 0 Å². The third kappa shape index (κ3) is 4.32. The zero-order valence-electron chi connectivity index (χ0n) is 15.7. The molecule has 2 aromatic carbocycles. The molecule has 0 bridgehead atoms. The Labute approximate surface area is 167 Å². The van der Waals surface area contributed by atoms with E-state index in [2.05, 4.69) is 10.4 Å². The Morgan fingerprint density at radius 2 is 1.43 bits per heavy atom. The van der Waals surface area contributed by atoms with Crippen LogP contribution in [-0.2, 0) is 12.4 Å². The fraction of sp³-hybridized carbons (Fsp3) is 0.200.